The van der Waals surface area contributed by atoms with Crippen LogP contribution in [0.5, 0.6) is 5.75 Å². The van der Waals surface area contributed by atoms with Crippen LogP contribution in [-0.2, 0) is 0 Å². The van der Waals surface area contributed by atoms with E-state index in [4.69, 9.17) is 4.74 Å². The molecule has 0 saturated heterocycles. The molecule has 0 fully saturated rings. The van der Waals surface area contributed by atoms with E-state index in [1.54, 1.807) is 32.9 Å². The third-order valence-electron chi connectivity index (χ3n) is 3.31. The molecule has 4 nitrogen and oxygen atoms in total. The monoisotopic (exact) mass is 307 g/mol. The number of ether oxygens (including phenoxy) is 1. The molecular weight excluding hydrogens is 286 g/mol. The molecule has 0 aliphatic rings. The van der Waals surface area contributed by atoms with Gasteiger partial charge in [0.25, 0.3) is 5.91 Å². The number of aliphatic hydroxyl groups is 1. The van der Waals surface area contributed by atoms with E-state index in [0.29, 0.717) is 11.4 Å². The van der Waals surface area contributed by atoms with Crippen molar-refractivity contribution in [2.45, 2.75) is 26.4 Å². The third kappa shape index (κ3) is 3.36. The number of carbonyl (C=O) groups excluding carboxylic acids is 1. The number of hydrogen-bond donors (Lipinski definition) is 1. The minimum absolute atomic E-state index is 0.0604. The maximum absolute atomic E-state index is 12.6. The second-order valence-electron chi connectivity index (χ2n) is 5.89. The predicted molar refractivity (Wildman–Crippen MR) is 86.4 cm³/mol. The Morgan fingerprint density at radius 1 is 1.43 bits per heavy atom. The molecule has 0 spiro atoms. The molecule has 1 amide bonds. The first-order chi connectivity index (χ1) is 9.73. The average Bonchev–Trinajstić information content (AvgIpc) is 2.72. The van der Waals surface area contributed by atoms with E-state index < -0.39 is 5.60 Å². The first-order valence-corrected chi connectivity index (χ1v) is 7.59. The third-order valence-corrected chi connectivity index (χ3v) is 4.57. The lowest BCUT2D eigenvalue weighted by Gasteiger charge is -2.25. The number of carbonyl (C=O) groups is 1. The number of likely N-dealkylation sites (N-methyl/N-ethyl adjacent to an activating group) is 1. The normalized spacial score (nSPS) is 11.7. The van der Waals surface area contributed by atoms with Gasteiger partial charge in [-0.1, -0.05) is 0 Å². The number of aryl methyl sites for hydroxylation is 1. The van der Waals surface area contributed by atoms with Crippen molar-refractivity contribution in [3.63, 3.8) is 0 Å². The zero-order valence-electron chi connectivity index (χ0n) is 13.1. The maximum Gasteiger partial charge on any atom is 0.264 e. The second-order valence-corrected chi connectivity index (χ2v) is 6.94. The summed E-state index contributed by atoms with van der Waals surface area (Å²) in [6, 6.07) is 5.82. The van der Waals surface area contributed by atoms with E-state index >= 15 is 0 Å². The Labute approximate surface area is 129 Å². The molecular formula is C16H21NO3S. The minimum atomic E-state index is -0.905. The van der Waals surface area contributed by atoms with Crippen molar-refractivity contribution in [2.75, 3.05) is 20.7 Å². The van der Waals surface area contributed by atoms with Crippen molar-refractivity contribution in [3.05, 3.63) is 28.6 Å². The van der Waals surface area contributed by atoms with E-state index in [1.807, 2.05) is 25.1 Å². The lowest BCUT2D eigenvalue weighted by Crippen LogP contribution is -2.39. The largest absolute Gasteiger partial charge is 0.497 e. The number of nitrogens with zero attached hydrogens (tertiary/aromatic N) is 1. The van der Waals surface area contributed by atoms with E-state index in [9.17, 15) is 9.90 Å². The molecule has 2 rings (SSSR count). The Hall–Kier alpha value is -1.59. The molecule has 1 N–H and O–H groups in total. The highest BCUT2D eigenvalue weighted by Crippen LogP contribution is 2.34. The number of methoxy groups -OCH3 is 1. The maximum atomic E-state index is 12.6. The molecule has 0 aliphatic heterocycles. The van der Waals surface area contributed by atoms with Crippen LogP contribution in [0.3, 0.4) is 0 Å². The molecule has 0 atom stereocenters. The Morgan fingerprint density at radius 2 is 2.10 bits per heavy atom. The lowest BCUT2D eigenvalue weighted by atomic mass is 10.1. The number of thiophene rings is 1. The quantitative estimate of drug-likeness (QED) is 0.944. The van der Waals surface area contributed by atoms with Crippen LogP contribution in [0.15, 0.2) is 18.2 Å². The molecule has 114 valence electrons. The molecule has 0 bridgehead atoms. The summed E-state index contributed by atoms with van der Waals surface area (Å²) in [5, 5.41) is 10.9. The highest BCUT2D eigenvalue weighted by molar-refractivity contribution is 7.21. The topological polar surface area (TPSA) is 49.8 Å². The standard InChI is InChI=1S/C16H21NO3S/c1-10-12-8-11(20-5)6-7-13(12)21-14(10)15(18)17(4)9-16(2,3)19/h6-8,19H,9H2,1-5H3. The molecule has 1 heterocycles. The fourth-order valence-electron chi connectivity index (χ4n) is 2.36. The number of amides is 1. The van der Waals surface area contributed by atoms with Crippen LogP contribution in [0.2, 0.25) is 0 Å². The van der Waals surface area contributed by atoms with Gasteiger partial charge in [-0.2, -0.15) is 0 Å². The molecule has 0 unspecified atom stereocenters. The van der Waals surface area contributed by atoms with E-state index in [-0.39, 0.29) is 5.91 Å². The first-order valence-electron chi connectivity index (χ1n) is 6.78. The van der Waals surface area contributed by atoms with Gasteiger partial charge in [0.1, 0.15) is 5.75 Å². The summed E-state index contributed by atoms with van der Waals surface area (Å²) in [5.74, 6) is 0.724. The minimum Gasteiger partial charge on any atom is -0.497 e. The van der Waals surface area contributed by atoms with Gasteiger partial charge in [0, 0.05) is 18.3 Å². The first kappa shape index (κ1) is 15.8. The van der Waals surface area contributed by atoms with Gasteiger partial charge in [0.15, 0.2) is 0 Å². The van der Waals surface area contributed by atoms with E-state index in [0.717, 1.165) is 21.4 Å². The summed E-state index contributed by atoms with van der Waals surface area (Å²) >= 11 is 1.48. The smallest absolute Gasteiger partial charge is 0.264 e. The number of fused-ring (bicyclic) bond motifs is 1. The van der Waals surface area contributed by atoms with Gasteiger partial charge in [-0.15, -0.1) is 11.3 Å². The zero-order chi connectivity index (χ0) is 15.8. The van der Waals surface area contributed by atoms with Crippen molar-refractivity contribution >= 4 is 27.3 Å². The Bertz CT molecular complexity index is 670. The van der Waals surface area contributed by atoms with Crippen LogP contribution in [0.4, 0.5) is 0 Å². The predicted octanol–water partition coefficient (Wildman–Crippen LogP) is 3.06. The van der Waals surface area contributed by atoms with Crippen molar-refractivity contribution in [2.24, 2.45) is 0 Å². The summed E-state index contributed by atoms with van der Waals surface area (Å²) in [7, 11) is 3.34. The zero-order valence-corrected chi connectivity index (χ0v) is 13.9. The molecule has 1 aromatic heterocycles. The Morgan fingerprint density at radius 3 is 2.67 bits per heavy atom. The molecule has 21 heavy (non-hydrogen) atoms. The van der Waals surface area contributed by atoms with Crippen LogP contribution in [0.25, 0.3) is 10.1 Å². The fourth-order valence-corrected chi connectivity index (χ4v) is 3.54. The van der Waals surface area contributed by atoms with Gasteiger partial charge in [0.05, 0.1) is 17.6 Å². The van der Waals surface area contributed by atoms with Gasteiger partial charge < -0.3 is 14.7 Å². The fraction of sp³-hybridized carbons (Fsp3) is 0.438. The van der Waals surface area contributed by atoms with Gasteiger partial charge in [-0.3, -0.25) is 4.79 Å². The van der Waals surface area contributed by atoms with Crippen LogP contribution in [0, 0.1) is 6.92 Å². The van der Waals surface area contributed by atoms with E-state index in [1.165, 1.54) is 11.3 Å². The van der Waals surface area contributed by atoms with Crippen molar-refractivity contribution < 1.29 is 14.6 Å². The number of benzene rings is 1. The van der Waals surface area contributed by atoms with Crippen LogP contribution >= 0.6 is 11.3 Å². The molecule has 5 heteroatoms. The van der Waals surface area contributed by atoms with Crippen LogP contribution < -0.4 is 4.74 Å². The molecule has 1 aromatic carbocycles. The summed E-state index contributed by atoms with van der Waals surface area (Å²) in [5.41, 5.74) is 0.0552. The highest BCUT2D eigenvalue weighted by Gasteiger charge is 2.23. The Balaban J connectivity index is 2.38. The van der Waals surface area contributed by atoms with E-state index in [2.05, 4.69) is 0 Å². The van der Waals surface area contributed by atoms with Crippen molar-refractivity contribution in [1.29, 1.82) is 0 Å². The summed E-state index contributed by atoms with van der Waals surface area (Å²) in [4.78, 5) is 14.8. The molecule has 2 aromatic rings. The summed E-state index contributed by atoms with van der Waals surface area (Å²) in [6.07, 6.45) is 0. The second kappa shape index (κ2) is 5.66. The number of hydrogen-bond acceptors (Lipinski definition) is 4. The lowest BCUT2D eigenvalue weighted by molar-refractivity contribution is 0.0370. The van der Waals surface area contributed by atoms with Gasteiger partial charge in [-0.05, 0) is 49.9 Å². The average molecular weight is 307 g/mol. The molecule has 0 saturated carbocycles. The van der Waals surface area contributed by atoms with Crippen LogP contribution in [-0.4, -0.2) is 42.2 Å². The number of rotatable bonds is 4. The summed E-state index contributed by atoms with van der Waals surface area (Å²) in [6.45, 7) is 5.63. The molecule has 0 aliphatic carbocycles. The Kier molecular flexibility index (Phi) is 4.25. The van der Waals surface area contributed by atoms with Gasteiger partial charge in [-0.25, -0.2) is 0 Å². The van der Waals surface area contributed by atoms with Crippen LogP contribution in [0.1, 0.15) is 29.1 Å². The van der Waals surface area contributed by atoms with Crippen molar-refractivity contribution in [3.8, 4) is 5.75 Å². The van der Waals surface area contributed by atoms with Gasteiger partial charge in [0.2, 0.25) is 0 Å². The summed E-state index contributed by atoms with van der Waals surface area (Å²) < 4.78 is 6.30. The molecule has 0 radical (unpaired) electrons. The SMILES string of the molecule is COc1ccc2sc(C(=O)N(C)CC(C)(C)O)c(C)c2c1. The van der Waals surface area contributed by atoms with Crippen molar-refractivity contribution in [1.82, 2.24) is 4.90 Å². The van der Waals surface area contributed by atoms with Gasteiger partial charge >= 0.3 is 0 Å². The highest BCUT2D eigenvalue weighted by atomic mass is 32.1.